The van der Waals surface area contributed by atoms with Crippen molar-refractivity contribution in [2.45, 2.75) is 76.9 Å². The second kappa shape index (κ2) is 7.25. The lowest BCUT2D eigenvalue weighted by Crippen LogP contribution is -2.50. The van der Waals surface area contributed by atoms with Crippen LogP contribution in [0, 0.1) is 5.92 Å². The lowest BCUT2D eigenvalue weighted by Gasteiger charge is -2.30. The van der Waals surface area contributed by atoms with E-state index in [2.05, 4.69) is 10.2 Å². The van der Waals surface area contributed by atoms with Crippen molar-refractivity contribution in [1.82, 2.24) is 10.2 Å². The third-order valence-corrected chi connectivity index (χ3v) is 4.90. The van der Waals surface area contributed by atoms with Gasteiger partial charge in [0.2, 0.25) is 5.91 Å². The first-order chi connectivity index (χ1) is 10.0. The van der Waals surface area contributed by atoms with Crippen LogP contribution in [0.15, 0.2) is 0 Å². The van der Waals surface area contributed by atoms with Crippen LogP contribution in [0.25, 0.3) is 0 Å². The minimum absolute atomic E-state index is 0.0242. The number of nitrogens with zero attached hydrogens (tertiary/aromatic N) is 1. The Morgan fingerprint density at radius 1 is 1.19 bits per heavy atom. The van der Waals surface area contributed by atoms with Crippen LogP contribution in [0.4, 0.5) is 0 Å². The van der Waals surface area contributed by atoms with Gasteiger partial charge in [-0.1, -0.05) is 33.1 Å². The molecule has 2 saturated carbocycles. The first kappa shape index (κ1) is 16.3. The van der Waals surface area contributed by atoms with Crippen LogP contribution in [0.2, 0.25) is 0 Å². The van der Waals surface area contributed by atoms with E-state index < -0.39 is 12.0 Å². The number of carbonyl (C=O) groups excluding carboxylic acids is 1. The predicted molar refractivity (Wildman–Crippen MR) is 81.0 cm³/mol. The van der Waals surface area contributed by atoms with E-state index in [1.54, 1.807) is 0 Å². The highest BCUT2D eigenvalue weighted by molar-refractivity contribution is 5.81. The molecule has 0 aromatic heterocycles. The van der Waals surface area contributed by atoms with Gasteiger partial charge in [-0.25, -0.2) is 0 Å². The topological polar surface area (TPSA) is 69.6 Å². The molecule has 2 aliphatic carbocycles. The molecule has 0 aliphatic heterocycles. The fourth-order valence-corrected chi connectivity index (χ4v) is 3.30. The molecule has 0 aromatic carbocycles. The van der Waals surface area contributed by atoms with Crippen LogP contribution >= 0.6 is 0 Å². The number of aliphatic carboxylic acids is 1. The highest BCUT2D eigenvalue weighted by Gasteiger charge is 2.38. The summed E-state index contributed by atoms with van der Waals surface area (Å²) in [6.45, 7) is 4.03. The number of hydrogen-bond donors (Lipinski definition) is 2. The van der Waals surface area contributed by atoms with Gasteiger partial charge in [-0.3, -0.25) is 14.9 Å². The van der Waals surface area contributed by atoms with Gasteiger partial charge >= 0.3 is 5.97 Å². The van der Waals surface area contributed by atoms with E-state index in [1.807, 2.05) is 13.8 Å². The maximum atomic E-state index is 12.5. The molecule has 2 rings (SSSR count). The number of carboxylic acids is 1. The van der Waals surface area contributed by atoms with Crippen LogP contribution in [0.1, 0.15) is 58.8 Å². The Balaban J connectivity index is 1.90. The molecule has 2 fully saturated rings. The molecule has 0 unspecified atom stereocenters. The van der Waals surface area contributed by atoms with Crippen molar-refractivity contribution in [2.24, 2.45) is 5.92 Å². The molecule has 0 radical (unpaired) electrons. The van der Waals surface area contributed by atoms with E-state index in [0.29, 0.717) is 12.1 Å². The summed E-state index contributed by atoms with van der Waals surface area (Å²) >= 11 is 0. The summed E-state index contributed by atoms with van der Waals surface area (Å²) in [5.41, 5.74) is 0. The predicted octanol–water partition coefficient (Wildman–Crippen LogP) is 2.01. The van der Waals surface area contributed by atoms with Gasteiger partial charge in [-0.05, 0) is 31.6 Å². The van der Waals surface area contributed by atoms with Gasteiger partial charge in [-0.15, -0.1) is 0 Å². The zero-order chi connectivity index (χ0) is 15.4. The van der Waals surface area contributed by atoms with Gasteiger partial charge in [-0.2, -0.15) is 0 Å². The molecule has 0 spiro atoms. The van der Waals surface area contributed by atoms with E-state index in [1.165, 1.54) is 12.8 Å². The summed E-state index contributed by atoms with van der Waals surface area (Å²) in [4.78, 5) is 25.9. The monoisotopic (exact) mass is 296 g/mol. The molecule has 0 bridgehead atoms. The smallest absolute Gasteiger partial charge is 0.320 e. The van der Waals surface area contributed by atoms with Crippen molar-refractivity contribution in [3.63, 3.8) is 0 Å². The minimum atomic E-state index is -0.865. The third-order valence-electron chi connectivity index (χ3n) is 4.90. The Bertz CT molecular complexity index is 376. The maximum absolute atomic E-state index is 12.5. The van der Waals surface area contributed by atoms with Crippen molar-refractivity contribution in [2.75, 3.05) is 6.54 Å². The van der Waals surface area contributed by atoms with Crippen LogP contribution < -0.4 is 5.32 Å². The van der Waals surface area contributed by atoms with Crippen molar-refractivity contribution in [3.8, 4) is 0 Å². The summed E-state index contributed by atoms with van der Waals surface area (Å²) in [5, 5.41) is 12.2. The maximum Gasteiger partial charge on any atom is 0.320 e. The molecular weight excluding hydrogens is 268 g/mol. The molecule has 21 heavy (non-hydrogen) atoms. The van der Waals surface area contributed by atoms with E-state index >= 15 is 0 Å². The van der Waals surface area contributed by atoms with Crippen LogP contribution in [0.3, 0.4) is 0 Å². The Hall–Kier alpha value is -1.10. The summed E-state index contributed by atoms with van der Waals surface area (Å²) < 4.78 is 0. The zero-order valence-electron chi connectivity index (χ0n) is 13.2. The van der Waals surface area contributed by atoms with Gasteiger partial charge in [0, 0.05) is 12.1 Å². The quantitative estimate of drug-likeness (QED) is 0.719. The van der Waals surface area contributed by atoms with Crippen molar-refractivity contribution < 1.29 is 14.7 Å². The standard InChI is InChI=1S/C16H28N2O3/c1-3-11(2)15(16(20)21)17-10-14(19)18(13-8-9-13)12-6-4-5-7-12/h11-13,15,17H,3-10H2,1-2H3,(H,20,21)/t11-,15-/m0/s1. The van der Waals surface area contributed by atoms with Gasteiger partial charge in [0.05, 0.1) is 6.54 Å². The number of carbonyl (C=O) groups is 2. The summed E-state index contributed by atoms with van der Waals surface area (Å²) in [6, 6.07) is 0.163. The van der Waals surface area contributed by atoms with E-state index in [4.69, 9.17) is 0 Å². The zero-order valence-corrected chi connectivity index (χ0v) is 13.2. The largest absolute Gasteiger partial charge is 0.480 e. The lowest BCUT2D eigenvalue weighted by molar-refractivity contribution is -0.141. The van der Waals surface area contributed by atoms with Crippen molar-refractivity contribution in [3.05, 3.63) is 0 Å². The molecule has 5 nitrogen and oxygen atoms in total. The summed E-state index contributed by atoms with van der Waals surface area (Å²) in [6.07, 6.45) is 7.63. The average Bonchev–Trinajstić information content (AvgIpc) is 3.13. The number of carboxylic acid groups (broad SMARTS) is 1. The second-order valence-electron chi connectivity index (χ2n) is 6.55. The molecule has 5 heteroatoms. The van der Waals surface area contributed by atoms with Gasteiger partial charge in [0.15, 0.2) is 0 Å². The summed E-state index contributed by atoms with van der Waals surface area (Å²) in [7, 11) is 0. The van der Waals surface area contributed by atoms with Gasteiger partial charge < -0.3 is 10.0 Å². The summed E-state index contributed by atoms with van der Waals surface area (Å²) in [5.74, 6) is -0.758. The van der Waals surface area contributed by atoms with E-state index in [0.717, 1.165) is 32.1 Å². The normalized spacial score (nSPS) is 22.0. The first-order valence-corrected chi connectivity index (χ1v) is 8.32. The number of nitrogens with one attached hydrogen (secondary N) is 1. The van der Waals surface area contributed by atoms with Crippen LogP contribution in [-0.4, -0.2) is 46.6 Å². The van der Waals surface area contributed by atoms with Gasteiger partial charge in [0.25, 0.3) is 0 Å². The first-order valence-electron chi connectivity index (χ1n) is 8.32. The Kier molecular flexibility index (Phi) is 5.62. The molecule has 2 atom stereocenters. The fraction of sp³-hybridized carbons (Fsp3) is 0.875. The SMILES string of the molecule is CC[C@H](C)[C@H](NCC(=O)N(C1CCCC1)C1CC1)C(=O)O. The van der Waals surface area contributed by atoms with Gasteiger partial charge in [0.1, 0.15) is 6.04 Å². The van der Waals surface area contributed by atoms with Crippen molar-refractivity contribution in [1.29, 1.82) is 0 Å². The van der Waals surface area contributed by atoms with E-state index in [-0.39, 0.29) is 18.4 Å². The Morgan fingerprint density at radius 3 is 2.24 bits per heavy atom. The highest BCUT2D eigenvalue weighted by atomic mass is 16.4. The number of rotatable bonds is 8. The molecular formula is C16H28N2O3. The Morgan fingerprint density at radius 2 is 1.76 bits per heavy atom. The van der Waals surface area contributed by atoms with E-state index in [9.17, 15) is 14.7 Å². The average molecular weight is 296 g/mol. The molecule has 0 aromatic rings. The molecule has 0 heterocycles. The second-order valence-corrected chi connectivity index (χ2v) is 6.55. The lowest BCUT2D eigenvalue weighted by atomic mass is 9.99. The number of hydrogen-bond acceptors (Lipinski definition) is 3. The highest BCUT2D eigenvalue weighted by Crippen LogP contribution is 2.34. The molecule has 0 saturated heterocycles. The fourth-order valence-electron chi connectivity index (χ4n) is 3.30. The van der Waals surface area contributed by atoms with Crippen LogP contribution in [0.5, 0.6) is 0 Å². The Labute approximate surface area is 127 Å². The molecule has 120 valence electrons. The third kappa shape index (κ3) is 4.19. The van der Waals surface area contributed by atoms with Crippen LogP contribution in [-0.2, 0) is 9.59 Å². The van der Waals surface area contributed by atoms with Crippen molar-refractivity contribution >= 4 is 11.9 Å². The molecule has 2 N–H and O–H groups in total. The minimum Gasteiger partial charge on any atom is -0.480 e. The number of amides is 1. The molecule has 2 aliphatic rings. The molecule has 1 amide bonds.